The van der Waals surface area contributed by atoms with Gasteiger partial charge in [0.1, 0.15) is 28.2 Å². The van der Waals surface area contributed by atoms with Gasteiger partial charge in [0.25, 0.3) is 5.91 Å². The van der Waals surface area contributed by atoms with Crippen molar-refractivity contribution in [2.24, 2.45) is 11.8 Å². The Kier molecular flexibility index (Phi) is 7.86. The predicted molar refractivity (Wildman–Crippen MR) is 143 cm³/mol. The Labute approximate surface area is 216 Å². The summed E-state index contributed by atoms with van der Waals surface area (Å²) in [5, 5.41) is 4.21. The van der Waals surface area contributed by atoms with Gasteiger partial charge in [0.05, 0.1) is 20.3 Å². The Bertz CT molecular complexity index is 1430. The van der Waals surface area contributed by atoms with Crippen LogP contribution >= 0.6 is 0 Å². The van der Waals surface area contributed by atoms with Crippen LogP contribution in [0.4, 0.5) is 5.69 Å². The van der Waals surface area contributed by atoms with E-state index in [2.05, 4.69) is 15.3 Å². The van der Waals surface area contributed by atoms with E-state index in [0.717, 1.165) is 0 Å². The fourth-order valence-corrected chi connectivity index (χ4v) is 3.71. The number of amides is 1. The molecule has 2 aromatic carbocycles. The zero-order valence-corrected chi connectivity index (χ0v) is 21.7. The molecule has 1 amide bonds. The van der Waals surface area contributed by atoms with Gasteiger partial charge in [0.15, 0.2) is 5.69 Å². The highest BCUT2D eigenvalue weighted by Crippen LogP contribution is 2.35. The number of pyridine rings is 2. The molecule has 8 nitrogen and oxygen atoms in total. The summed E-state index contributed by atoms with van der Waals surface area (Å²) >= 11 is 0. The van der Waals surface area contributed by atoms with Crippen molar-refractivity contribution >= 4 is 39.4 Å². The molecule has 0 aliphatic heterocycles. The average molecular weight is 502 g/mol. The Morgan fingerprint density at radius 3 is 1.81 bits per heavy atom. The lowest BCUT2D eigenvalue weighted by Crippen LogP contribution is -2.15. The molecule has 0 radical (unpaired) electrons. The average Bonchev–Trinajstić information content (AvgIpc) is 2.89. The molecule has 37 heavy (non-hydrogen) atoms. The van der Waals surface area contributed by atoms with Gasteiger partial charge in [0, 0.05) is 28.6 Å². The molecule has 2 aromatic heterocycles. The Morgan fingerprint density at radius 1 is 0.784 bits per heavy atom. The molecule has 0 bridgehead atoms. The van der Waals surface area contributed by atoms with E-state index in [9.17, 15) is 9.59 Å². The largest absolute Gasteiger partial charge is 0.493 e. The van der Waals surface area contributed by atoms with Crippen molar-refractivity contribution < 1.29 is 23.8 Å². The van der Waals surface area contributed by atoms with E-state index in [0.29, 0.717) is 52.2 Å². The molecular formula is C29H31N3O5. The lowest BCUT2D eigenvalue weighted by molar-refractivity contribution is 0.0594. The number of hydrogen-bond acceptors (Lipinski definition) is 7. The first-order chi connectivity index (χ1) is 17.8. The summed E-state index contributed by atoms with van der Waals surface area (Å²) in [5.41, 5.74) is 1.75. The number of carbonyl (C=O) groups is 2. The number of aromatic nitrogens is 2. The highest BCUT2D eigenvalue weighted by atomic mass is 16.5. The molecule has 0 spiro atoms. The van der Waals surface area contributed by atoms with E-state index < -0.39 is 5.97 Å². The van der Waals surface area contributed by atoms with Gasteiger partial charge in [-0.1, -0.05) is 45.9 Å². The summed E-state index contributed by atoms with van der Waals surface area (Å²) in [7, 11) is 1.30. The lowest BCUT2D eigenvalue weighted by atomic mass is 10.1. The number of ether oxygens (including phenoxy) is 3. The van der Waals surface area contributed by atoms with Crippen LogP contribution in [0, 0.1) is 11.8 Å². The van der Waals surface area contributed by atoms with Crippen molar-refractivity contribution in [2.45, 2.75) is 27.7 Å². The fourth-order valence-electron chi connectivity index (χ4n) is 3.71. The summed E-state index contributed by atoms with van der Waals surface area (Å²) in [6.45, 7) is 9.08. The van der Waals surface area contributed by atoms with Crippen molar-refractivity contribution in [1.82, 2.24) is 9.97 Å². The van der Waals surface area contributed by atoms with Crippen LogP contribution in [0.5, 0.6) is 11.5 Å². The molecule has 0 aliphatic rings. The SMILES string of the molecule is COC(=O)c1cc(OCC(C)C)c2ccc3c(OCC(C)C)cc(C(=O)Nc4ccccc4)nc3c2n1. The number of carbonyl (C=O) groups excluding carboxylic acids is 2. The second-order valence-corrected chi connectivity index (χ2v) is 9.59. The number of hydrogen-bond donors (Lipinski definition) is 1. The minimum Gasteiger partial charge on any atom is -0.493 e. The molecule has 2 heterocycles. The highest BCUT2D eigenvalue weighted by Gasteiger charge is 2.20. The summed E-state index contributed by atoms with van der Waals surface area (Å²) in [5.74, 6) is 0.556. The van der Waals surface area contributed by atoms with Crippen molar-refractivity contribution in [3.05, 3.63) is 66.0 Å². The van der Waals surface area contributed by atoms with Crippen molar-refractivity contribution in [3.8, 4) is 11.5 Å². The molecule has 1 N–H and O–H groups in total. The number of nitrogens with zero attached hydrogens (tertiary/aromatic N) is 2. The normalized spacial score (nSPS) is 11.2. The molecule has 0 atom stereocenters. The number of anilines is 1. The molecule has 4 rings (SSSR count). The topological polar surface area (TPSA) is 99.6 Å². The maximum absolute atomic E-state index is 13.2. The first-order valence-corrected chi connectivity index (χ1v) is 12.3. The second kappa shape index (κ2) is 11.2. The van der Waals surface area contributed by atoms with Crippen LogP contribution in [0.1, 0.15) is 48.7 Å². The van der Waals surface area contributed by atoms with Crippen LogP contribution in [0.3, 0.4) is 0 Å². The van der Waals surface area contributed by atoms with Crippen LogP contribution in [-0.2, 0) is 4.74 Å². The highest BCUT2D eigenvalue weighted by molar-refractivity contribution is 6.11. The number of methoxy groups -OCH3 is 1. The molecular weight excluding hydrogens is 470 g/mol. The van der Waals surface area contributed by atoms with E-state index in [1.807, 2.05) is 58.0 Å². The molecule has 0 saturated carbocycles. The standard InChI is InChI=1S/C29H31N3O5/c1-17(2)15-36-24-13-22(28(33)30-19-9-7-6-8-10-19)31-26-20(24)11-12-21-25(37-16-18(3)4)14-23(29(34)35-5)32-27(21)26/h6-14,17-18H,15-16H2,1-5H3,(H,30,33). The van der Waals surface area contributed by atoms with E-state index in [1.54, 1.807) is 24.3 Å². The summed E-state index contributed by atoms with van der Waals surface area (Å²) in [6, 6.07) is 16.1. The molecule has 192 valence electrons. The first-order valence-electron chi connectivity index (χ1n) is 12.3. The van der Waals surface area contributed by atoms with E-state index in [1.165, 1.54) is 7.11 Å². The minimum absolute atomic E-state index is 0.0897. The van der Waals surface area contributed by atoms with Crippen molar-refractivity contribution in [3.63, 3.8) is 0 Å². The number of esters is 1. The molecule has 8 heteroatoms. The van der Waals surface area contributed by atoms with Crippen molar-refractivity contribution in [2.75, 3.05) is 25.6 Å². The van der Waals surface area contributed by atoms with Gasteiger partial charge in [0.2, 0.25) is 0 Å². The fraction of sp³-hybridized carbons (Fsp3) is 0.310. The van der Waals surface area contributed by atoms with Crippen LogP contribution in [-0.4, -0.2) is 42.2 Å². The third kappa shape index (κ3) is 5.97. The molecule has 4 aromatic rings. The number of fused-ring (bicyclic) bond motifs is 3. The quantitative estimate of drug-likeness (QED) is 0.225. The first kappa shape index (κ1) is 25.9. The van der Waals surface area contributed by atoms with E-state index in [-0.39, 0.29) is 29.1 Å². The number of benzene rings is 2. The Balaban J connectivity index is 1.93. The smallest absolute Gasteiger partial charge is 0.356 e. The summed E-state index contributed by atoms with van der Waals surface area (Å²) < 4.78 is 17.1. The second-order valence-electron chi connectivity index (χ2n) is 9.59. The van der Waals surface area contributed by atoms with Gasteiger partial charge >= 0.3 is 5.97 Å². The Hall–Kier alpha value is -4.20. The Morgan fingerprint density at radius 2 is 1.30 bits per heavy atom. The van der Waals surface area contributed by atoms with E-state index >= 15 is 0 Å². The van der Waals surface area contributed by atoms with Gasteiger partial charge in [-0.25, -0.2) is 14.8 Å². The lowest BCUT2D eigenvalue weighted by Gasteiger charge is -2.16. The van der Waals surface area contributed by atoms with Crippen molar-refractivity contribution in [1.29, 1.82) is 0 Å². The predicted octanol–water partition coefficient (Wildman–Crippen LogP) is 5.89. The number of nitrogens with one attached hydrogen (secondary N) is 1. The zero-order valence-electron chi connectivity index (χ0n) is 21.7. The van der Waals surface area contributed by atoms with Gasteiger partial charge < -0.3 is 19.5 Å². The van der Waals surface area contributed by atoms with Crippen LogP contribution in [0.25, 0.3) is 21.8 Å². The zero-order chi connectivity index (χ0) is 26.5. The van der Waals surface area contributed by atoms with Crippen LogP contribution in [0.15, 0.2) is 54.6 Å². The van der Waals surface area contributed by atoms with Gasteiger partial charge in [-0.15, -0.1) is 0 Å². The third-order valence-electron chi connectivity index (χ3n) is 5.49. The van der Waals surface area contributed by atoms with Crippen LogP contribution < -0.4 is 14.8 Å². The van der Waals surface area contributed by atoms with Gasteiger partial charge in [-0.05, 0) is 36.1 Å². The van der Waals surface area contributed by atoms with Gasteiger partial charge in [-0.3, -0.25) is 4.79 Å². The van der Waals surface area contributed by atoms with Crippen LogP contribution in [0.2, 0.25) is 0 Å². The molecule has 0 saturated heterocycles. The molecule has 0 unspecified atom stereocenters. The molecule has 0 aliphatic carbocycles. The summed E-state index contributed by atoms with van der Waals surface area (Å²) in [4.78, 5) is 34.9. The van der Waals surface area contributed by atoms with E-state index in [4.69, 9.17) is 14.2 Å². The monoisotopic (exact) mass is 501 g/mol. The third-order valence-corrected chi connectivity index (χ3v) is 5.49. The molecule has 0 fully saturated rings. The maximum Gasteiger partial charge on any atom is 0.356 e. The maximum atomic E-state index is 13.2. The van der Waals surface area contributed by atoms with Gasteiger partial charge in [-0.2, -0.15) is 0 Å². The summed E-state index contributed by atoms with van der Waals surface area (Å²) in [6.07, 6.45) is 0. The minimum atomic E-state index is -0.595. The number of rotatable bonds is 9. The number of para-hydroxylation sites is 1.